The van der Waals surface area contributed by atoms with E-state index in [-0.39, 0.29) is 25.1 Å². The van der Waals surface area contributed by atoms with Crippen molar-refractivity contribution in [3.8, 4) is 0 Å². The lowest BCUT2D eigenvalue weighted by Crippen LogP contribution is -2.14. The van der Waals surface area contributed by atoms with E-state index in [0.717, 1.165) is 12.5 Å². The highest BCUT2D eigenvalue weighted by Gasteiger charge is 2.07. The van der Waals surface area contributed by atoms with Crippen molar-refractivity contribution >= 4 is 11.9 Å². The van der Waals surface area contributed by atoms with Gasteiger partial charge in [0.2, 0.25) is 0 Å². The topological polar surface area (TPSA) is 52.6 Å². The molecule has 0 aliphatic carbocycles. The maximum Gasteiger partial charge on any atom is 0.330 e. The van der Waals surface area contributed by atoms with Crippen LogP contribution >= 0.6 is 0 Å². The number of hydrogen-bond acceptors (Lipinski definition) is 4. The van der Waals surface area contributed by atoms with Gasteiger partial charge in [-0.1, -0.05) is 13.5 Å². The lowest BCUT2D eigenvalue weighted by molar-refractivity contribution is -0.149. The second-order valence-corrected chi connectivity index (χ2v) is 3.18. The fourth-order valence-corrected chi connectivity index (χ4v) is 0.815. The Labute approximate surface area is 90.2 Å². The molecule has 0 saturated carbocycles. The summed E-state index contributed by atoms with van der Waals surface area (Å²) >= 11 is 0. The standard InChI is InChI=1S/C11H18O4/c1-4-9(3)15-11(13)7-6-8-14-10(12)5-2/h5,9H,2,4,6-8H2,1,3H3. The summed E-state index contributed by atoms with van der Waals surface area (Å²) in [7, 11) is 0. The normalized spacial score (nSPS) is 11.6. The third kappa shape index (κ3) is 7.73. The first-order chi connectivity index (χ1) is 7.10. The number of rotatable bonds is 7. The van der Waals surface area contributed by atoms with Gasteiger partial charge in [-0.15, -0.1) is 0 Å². The smallest absolute Gasteiger partial charge is 0.330 e. The van der Waals surface area contributed by atoms with Gasteiger partial charge in [0.1, 0.15) is 0 Å². The van der Waals surface area contributed by atoms with E-state index in [2.05, 4.69) is 6.58 Å². The van der Waals surface area contributed by atoms with Crippen LogP contribution in [0.5, 0.6) is 0 Å². The molecule has 0 rings (SSSR count). The Balaban J connectivity index is 3.47. The molecule has 0 bridgehead atoms. The largest absolute Gasteiger partial charge is 0.463 e. The Kier molecular flexibility index (Phi) is 7.32. The van der Waals surface area contributed by atoms with E-state index in [1.54, 1.807) is 0 Å². The van der Waals surface area contributed by atoms with Crippen molar-refractivity contribution in [2.75, 3.05) is 6.61 Å². The molecule has 4 nitrogen and oxygen atoms in total. The van der Waals surface area contributed by atoms with Crippen LogP contribution in [0.2, 0.25) is 0 Å². The Morgan fingerprint density at radius 3 is 2.67 bits per heavy atom. The molecule has 0 saturated heterocycles. The second-order valence-electron chi connectivity index (χ2n) is 3.18. The zero-order valence-electron chi connectivity index (χ0n) is 9.32. The lowest BCUT2D eigenvalue weighted by atomic mass is 10.3. The van der Waals surface area contributed by atoms with Crippen LogP contribution in [0.15, 0.2) is 12.7 Å². The minimum atomic E-state index is -0.467. The molecule has 0 aromatic rings. The molecule has 0 heterocycles. The zero-order chi connectivity index (χ0) is 11.7. The van der Waals surface area contributed by atoms with Crippen molar-refractivity contribution in [1.29, 1.82) is 0 Å². The van der Waals surface area contributed by atoms with E-state index < -0.39 is 5.97 Å². The van der Waals surface area contributed by atoms with Crippen molar-refractivity contribution in [3.05, 3.63) is 12.7 Å². The van der Waals surface area contributed by atoms with E-state index in [0.29, 0.717) is 6.42 Å². The highest BCUT2D eigenvalue weighted by molar-refractivity contribution is 5.81. The predicted octanol–water partition coefficient (Wildman–Crippen LogP) is 1.84. The minimum Gasteiger partial charge on any atom is -0.463 e. The first-order valence-electron chi connectivity index (χ1n) is 5.08. The summed E-state index contributed by atoms with van der Waals surface area (Å²) in [4.78, 5) is 21.8. The first kappa shape index (κ1) is 13.7. The summed E-state index contributed by atoms with van der Waals surface area (Å²) in [6.45, 7) is 7.27. The molecule has 1 atom stereocenters. The van der Waals surface area contributed by atoms with E-state index in [9.17, 15) is 9.59 Å². The van der Waals surface area contributed by atoms with Crippen LogP contribution in [-0.2, 0) is 19.1 Å². The summed E-state index contributed by atoms with van der Waals surface area (Å²) in [6, 6.07) is 0. The molecule has 0 radical (unpaired) electrons. The molecule has 0 fully saturated rings. The van der Waals surface area contributed by atoms with Crippen LogP contribution in [0.25, 0.3) is 0 Å². The van der Waals surface area contributed by atoms with Crippen molar-refractivity contribution in [2.45, 2.75) is 39.2 Å². The minimum absolute atomic E-state index is 0.0479. The molecular formula is C11H18O4. The van der Waals surface area contributed by atoms with Gasteiger partial charge in [0.25, 0.3) is 0 Å². The number of esters is 2. The molecule has 0 aromatic heterocycles. The van der Waals surface area contributed by atoms with Crippen LogP contribution in [0, 0.1) is 0 Å². The number of hydrogen-bond donors (Lipinski definition) is 0. The van der Waals surface area contributed by atoms with Crippen LogP contribution in [-0.4, -0.2) is 24.6 Å². The molecule has 0 aliphatic rings. The number of carbonyl (C=O) groups excluding carboxylic acids is 2. The Morgan fingerprint density at radius 1 is 1.47 bits per heavy atom. The van der Waals surface area contributed by atoms with Crippen LogP contribution in [0.3, 0.4) is 0 Å². The highest BCUT2D eigenvalue weighted by Crippen LogP contribution is 2.01. The summed E-state index contributed by atoms with van der Waals surface area (Å²) in [6.07, 6.45) is 2.60. The molecule has 1 unspecified atom stereocenters. The molecule has 0 N–H and O–H groups in total. The fourth-order valence-electron chi connectivity index (χ4n) is 0.815. The van der Waals surface area contributed by atoms with Crippen LogP contribution < -0.4 is 0 Å². The lowest BCUT2D eigenvalue weighted by Gasteiger charge is -2.10. The maximum atomic E-state index is 11.1. The zero-order valence-corrected chi connectivity index (χ0v) is 9.32. The summed E-state index contributed by atoms with van der Waals surface area (Å²) < 4.78 is 9.74. The third-order valence-corrected chi connectivity index (χ3v) is 1.84. The first-order valence-corrected chi connectivity index (χ1v) is 5.08. The number of carbonyl (C=O) groups is 2. The molecule has 15 heavy (non-hydrogen) atoms. The Bertz CT molecular complexity index is 223. The Morgan fingerprint density at radius 2 is 2.13 bits per heavy atom. The van der Waals surface area contributed by atoms with E-state index in [1.165, 1.54) is 0 Å². The third-order valence-electron chi connectivity index (χ3n) is 1.84. The maximum absolute atomic E-state index is 11.1. The van der Waals surface area contributed by atoms with Gasteiger partial charge in [-0.05, 0) is 19.8 Å². The molecule has 4 heteroatoms. The summed E-state index contributed by atoms with van der Waals surface area (Å²) in [5, 5.41) is 0. The van der Waals surface area contributed by atoms with Crippen molar-refractivity contribution in [1.82, 2.24) is 0 Å². The quantitative estimate of drug-likeness (QED) is 0.368. The molecule has 0 aliphatic heterocycles. The summed E-state index contributed by atoms with van der Waals surface area (Å²) in [5.74, 6) is -0.718. The van der Waals surface area contributed by atoms with Gasteiger partial charge in [0, 0.05) is 12.5 Å². The van der Waals surface area contributed by atoms with Gasteiger partial charge in [-0.25, -0.2) is 4.79 Å². The SMILES string of the molecule is C=CC(=O)OCCCC(=O)OC(C)CC. The molecule has 0 aromatic carbocycles. The highest BCUT2D eigenvalue weighted by atomic mass is 16.5. The van der Waals surface area contributed by atoms with Gasteiger partial charge in [-0.3, -0.25) is 4.79 Å². The molecular weight excluding hydrogens is 196 g/mol. The van der Waals surface area contributed by atoms with Crippen LogP contribution in [0.1, 0.15) is 33.1 Å². The van der Waals surface area contributed by atoms with Gasteiger partial charge >= 0.3 is 11.9 Å². The number of ether oxygens (including phenoxy) is 2. The van der Waals surface area contributed by atoms with Crippen molar-refractivity contribution in [3.63, 3.8) is 0 Å². The summed E-state index contributed by atoms with van der Waals surface area (Å²) in [5.41, 5.74) is 0. The van der Waals surface area contributed by atoms with Crippen molar-refractivity contribution in [2.24, 2.45) is 0 Å². The fraction of sp³-hybridized carbons (Fsp3) is 0.636. The van der Waals surface area contributed by atoms with Gasteiger partial charge < -0.3 is 9.47 Å². The van der Waals surface area contributed by atoms with E-state index in [4.69, 9.17) is 9.47 Å². The van der Waals surface area contributed by atoms with Gasteiger partial charge in [0.15, 0.2) is 0 Å². The average Bonchev–Trinajstić information content (AvgIpc) is 2.23. The van der Waals surface area contributed by atoms with Crippen LogP contribution in [0.4, 0.5) is 0 Å². The monoisotopic (exact) mass is 214 g/mol. The predicted molar refractivity (Wildman–Crippen MR) is 56.2 cm³/mol. The molecule has 86 valence electrons. The van der Waals surface area contributed by atoms with Gasteiger partial charge in [0.05, 0.1) is 12.7 Å². The molecule has 0 spiro atoms. The van der Waals surface area contributed by atoms with Gasteiger partial charge in [-0.2, -0.15) is 0 Å². The Hall–Kier alpha value is -1.32. The van der Waals surface area contributed by atoms with E-state index in [1.807, 2.05) is 13.8 Å². The second kappa shape index (κ2) is 8.03. The average molecular weight is 214 g/mol. The van der Waals surface area contributed by atoms with E-state index >= 15 is 0 Å². The molecule has 0 amide bonds. The van der Waals surface area contributed by atoms with Crippen molar-refractivity contribution < 1.29 is 19.1 Å².